The summed E-state index contributed by atoms with van der Waals surface area (Å²) in [5.74, 6) is 0.990. The predicted molar refractivity (Wildman–Crippen MR) is 135 cm³/mol. The zero-order valence-corrected chi connectivity index (χ0v) is 21.2. The van der Waals surface area contributed by atoms with Gasteiger partial charge in [-0.2, -0.15) is 0 Å². The number of nitrogens with two attached hydrogens (primary N) is 2. The molecular formula is C25H34ClN3O5. The number of phenols is 1. The summed E-state index contributed by atoms with van der Waals surface area (Å²) in [6, 6.07) is 4.88. The summed E-state index contributed by atoms with van der Waals surface area (Å²) in [5, 5.41) is 10.4. The van der Waals surface area contributed by atoms with Crippen LogP contribution in [0, 0.1) is 20.8 Å². The number of hydrogen-bond acceptors (Lipinski definition) is 6. The molecule has 2 aromatic carbocycles. The highest BCUT2D eigenvalue weighted by Gasteiger charge is 2.34. The first-order chi connectivity index (χ1) is 15.6. The lowest BCUT2D eigenvalue weighted by atomic mass is 9.86. The maximum atomic E-state index is 12.4. The van der Waals surface area contributed by atoms with E-state index in [1.54, 1.807) is 25.1 Å². The molecule has 5 N–H and O–H groups in total. The van der Waals surface area contributed by atoms with Gasteiger partial charge in [-0.05, 0) is 82.3 Å². The molecule has 0 saturated heterocycles. The smallest absolute Gasteiger partial charge is 0.341 e. The van der Waals surface area contributed by atoms with Crippen LogP contribution in [-0.4, -0.2) is 35.9 Å². The van der Waals surface area contributed by atoms with E-state index in [4.69, 9.17) is 25.7 Å². The summed E-state index contributed by atoms with van der Waals surface area (Å²) in [6.07, 6.45) is 2.22. The molecule has 2 aromatic rings. The van der Waals surface area contributed by atoms with E-state index in [-0.39, 0.29) is 30.5 Å². The van der Waals surface area contributed by atoms with Crippen molar-refractivity contribution in [2.45, 2.75) is 59.5 Å². The summed E-state index contributed by atoms with van der Waals surface area (Å²) in [6.45, 7) is 10.2. The van der Waals surface area contributed by atoms with Crippen LogP contribution in [0.1, 0.15) is 59.3 Å². The van der Waals surface area contributed by atoms with Crippen LogP contribution in [0.4, 0.5) is 5.69 Å². The number of phenolic OH excluding ortho intramolecular Hbond substituents is 1. The molecule has 1 unspecified atom stereocenters. The fourth-order valence-electron chi connectivity index (χ4n) is 4.08. The van der Waals surface area contributed by atoms with Crippen molar-refractivity contribution in [1.29, 1.82) is 0 Å². The van der Waals surface area contributed by atoms with Gasteiger partial charge >= 0.3 is 5.97 Å². The number of rotatable bonds is 7. The van der Waals surface area contributed by atoms with Crippen LogP contribution in [0.15, 0.2) is 23.2 Å². The van der Waals surface area contributed by atoms with E-state index in [2.05, 4.69) is 11.9 Å². The minimum Gasteiger partial charge on any atom is -0.507 e. The van der Waals surface area contributed by atoms with E-state index in [0.29, 0.717) is 30.2 Å². The van der Waals surface area contributed by atoms with E-state index in [1.807, 2.05) is 20.8 Å². The van der Waals surface area contributed by atoms with Crippen LogP contribution < -0.4 is 20.9 Å². The summed E-state index contributed by atoms with van der Waals surface area (Å²) >= 11 is 0. The molecule has 1 heterocycles. The van der Waals surface area contributed by atoms with E-state index >= 15 is 0 Å². The Morgan fingerprint density at radius 3 is 2.56 bits per heavy atom. The molecule has 0 radical (unpaired) electrons. The van der Waals surface area contributed by atoms with Gasteiger partial charge in [0, 0.05) is 12.0 Å². The molecule has 0 fully saturated rings. The number of fused-ring (bicyclic) bond motifs is 1. The number of ether oxygens (including phenoxy) is 3. The van der Waals surface area contributed by atoms with Gasteiger partial charge in [0.25, 0.3) is 0 Å². The lowest BCUT2D eigenvalue weighted by Crippen LogP contribution is -2.38. The normalized spacial score (nSPS) is 16.5. The van der Waals surface area contributed by atoms with E-state index in [9.17, 15) is 9.90 Å². The minimum absolute atomic E-state index is 0. The Bertz CT molecular complexity index is 1100. The summed E-state index contributed by atoms with van der Waals surface area (Å²) in [5.41, 5.74) is 14.9. The number of carbonyl (C=O) groups is 1. The molecule has 0 aromatic heterocycles. The van der Waals surface area contributed by atoms with E-state index in [1.165, 1.54) is 0 Å². The van der Waals surface area contributed by atoms with Crippen molar-refractivity contribution >= 4 is 30.0 Å². The first-order valence-electron chi connectivity index (χ1n) is 11.1. The molecule has 0 amide bonds. The Balaban J connectivity index is 0.00000408. The molecule has 9 heteroatoms. The first kappa shape index (κ1) is 27.1. The van der Waals surface area contributed by atoms with Crippen molar-refractivity contribution in [3.05, 3.63) is 46.0 Å². The largest absolute Gasteiger partial charge is 0.507 e. The molecule has 0 aliphatic carbocycles. The topological polar surface area (TPSA) is 129 Å². The number of halogens is 1. The zero-order chi connectivity index (χ0) is 24.3. The molecule has 0 bridgehead atoms. The second-order valence-corrected chi connectivity index (χ2v) is 8.62. The fraction of sp³-hybridized carbons (Fsp3) is 0.440. The molecule has 1 aliphatic heterocycles. The zero-order valence-electron chi connectivity index (χ0n) is 20.4. The summed E-state index contributed by atoms with van der Waals surface area (Å²) < 4.78 is 17.6. The highest BCUT2D eigenvalue weighted by Crippen LogP contribution is 2.44. The standard InChI is InChI=1S/C25H33N3O5.ClH/c1-6-31-23(30)19-13-17(28-24(26)27)7-8-20(19)32-12-11-25(5)10-9-18-16(4)21(29)14(2)15(3)22(18)33-25;/h7-8,13,29H,6,9-12H2,1-5H3,(H4,26,27,28);1H. The SMILES string of the molecule is CCOC(=O)c1cc(N=C(N)N)ccc1OCCC1(C)CCc2c(C)c(O)c(C)c(C)c2O1.Cl. The molecule has 8 nitrogen and oxygen atoms in total. The van der Waals surface area contributed by atoms with Gasteiger partial charge in [0.15, 0.2) is 5.96 Å². The lowest BCUT2D eigenvalue weighted by molar-refractivity contribution is 0.0404. The Morgan fingerprint density at radius 2 is 1.91 bits per heavy atom. The van der Waals surface area contributed by atoms with Gasteiger partial charge in [-0.1, -0.05) is 0 Å². The Hall–Kier alpha value is -3.13. The Kier molecular flexibility index (Phi) is 8.66. The second kappa shape index (κ2) is 10.9. The number of guanidine groups is 1. The van der Waals surface area contributed by atoms with Crippen molar-refractivity contribution in [3.63, 3.8) is 0 Å². The van der Waals surface area contributed by atoms with Crippen molar-refractivity contribution in [2.24, 2.45) is 16.5 Å². The van der Waals surface area contributed by atoms with Crippen molar-refractivity contribution < 1.29 is 24.1 Å². The third-order valence-corrected chi connectivity index (χ3v) is 6.20. The van der Waals surface area contributed by atoms with Gasteiger partial charge in [-0.3, -0.25) is 0 Å². The van der Waals surface area contributed by atoms with Gasteiger partial charge in [0.2, 0.25) is 0 Å². The number of aromatic hydroxyl groups is 1. The first-order valence-corrected chi connectivity index (χ1v) is 11.1. The van der Waals surface area contributed by atoms with Crippen LogP contribution in [0.25, 0.3) is 0 Å². The van der Waals surface area contributed by atoms with Gasteiger partial charge in [-0.25, -0.2) is 9.79 Å². The van der Waals surface area contributed by atoms with E-state index in [0.717, 1.165) is 40.8 Å². The Morgan fingerprint density at radius 1 is 1.21 bits per heavy atom. The second-order valence-electron chi connectivity index (χ2n) is 8.62. The third kappa shape index (κ3) is 5.67. The maximum absolute atomic E-state index is 12.4. The van der Waals surface area contributed by atoms with Crippen LogP contribution >= 0.6 is 12.4 Å². The number of benzene rings is 2. The molecule has 0 spiro atoms. The number of nitrogens with zero attached hydrogens (tertiary/aromatic N) is 1. The number of hydrogen-bond donors (Lipinski definition) is 3. The van der Waals surface area contributed by atoms with Crippen molar-refractivity contribution in [3.8, 4) is 17.2 Å². The average Bonchev–Trinajstić information content (AvgIpc) is 2.76. The van der Waals surface area contributed by atoms with Gasteiger partial charge in [0.1, 0.15) is 28.4 Å². The summed E-state index contributed by atoms with van der Waals surface area (Å²) in [4.78, 5) is 16.4. The van der Waals surface area contributed by atoms with Crippen LogP contribution in [0.5, 0.6) is 17.2 Å². The van der Waals surface area contributed by atoms with Crippen LogP contribution in [-0.2, 0) is 11.2 Å². The predicted octanol–water partition coefficient (Wildman–Crippen LogP) is 4.37. The number of aliphatic imine (C=N–C) groups is 1. The maximum Gasteiger partial charge on any atom is 0.341 e. The van der Waals surface area contributed by atoms with Crippen molar-refractivity contribution in [2.75, 3.05) is 13.2 Å². The quantitative estimate of drug-likeness (QED) is 0.298. The molecule has 1 atom stereocenters. The molecular weight excluding hydrogens is 458 g/mol. The van der Waals surface area contributed by atoms with E-state index < -0.39 is 11.6 Å². The lowest BCUT2D eigenvalue weighted by Gasteiger charge is -2.38. The molecule has 0 saturated carbocycles. The van der Waals surface area contributed by atoms with Gasteiger partial charge in [-0.15, -0.1) is 12.4 Å². The fourth-order valence-corrected chi connectivity index (χ4v) is 4.08. The summed E-state index contributed by atoms with van der Waals surface area (Å²) in [7, 11) is 0. The molecule has 1 aliphatic rings. The number of esters is 1. The molecule has 3 rings (SSSR count). The highest BCUT2D eigenvalue weighted by atomic mass is 35.5. The Labute approximate surface area is 206 Å². The monoisotopic (exact) mass is 491 g/mol. The number of carbonyl (C=O) groups excluding carboxylic acids is 1. The molecule has 186 valence electrons. The van der Waals surface area contributed by atoms with Crippen LogP contribution in [0.2, 0.25) is 0 Å². The third-order valence-electron chi connectivity index (χ3n) is 6.20. The van der Waals surface area contributed by atoms with Gasteiger partial charge in [0.05, 0.1) is 18.9 Å². The minimum atomic E-state index is -0.504. The van der Waals surface area contributed by atoms with Crippen LogP contribution in [0.3, 0.4) is 0 Å². The highest BCUT2D eigenvalue weighted by molar-refractivity contribution is 5.94. The average molecular weight is 492 g/mol. The van der Waals surface area contributed by atoms with Gasteiger partial charge < -0.3 is 30.8 Å². The molecule has 34 heavy (non-hydrogen) atoms. The van der Waals surface area contributed by atoms with Crippen molar-refractivity contribution in [1.82, 2.24) is 0 Å².